The second-order valence-corrected chi connectivity index (χ2v) is 11.4. The van der Waals surface area contributed by atoms with E-state index in [9.17, 15) is 18.3 Å². The van der Waals surface area contributed by atoms with E-state index in [0.717, 1.165) is 5.56 Å². The number of nitrogens with one attached hydrogen (secondary N) is 2. The minimum atomic E-state index is -4.20. The van der Waals surface area contributed by atoms with E-state index in [1.807, 2.05) is 30.3 Å². The van der Waals surface area contributed by atoms with Gasteiger partial charge in [-0.25, -0.2) is 13.1 Å². The third kappa shape index (κ3) is 5.91. The third-order valence-corrected chi connectivity index (χ3v) is 7.94. The van der Waals surface area contributed by atoms with Crippen LogP contribution >= 0.6 is 11.6 Å². The number of carbonyl (C=O) groups excluding carboxylic acids is 1. The van der Waals surface area contributed by atoms with Crippen molar-refractivity contribution in [1.82, 2.24) is 10.0 Å². The Bertz CT molecular complexity index is 1400. The van der Waals surface area contributed by atoms with Crippen molar-refractivity contribution in [2.24, 2.45) is 0 Å². The van der Waals surface area contributed by atoms with Crippen LogP contribution in [0.1, 0.15) is 41.4 Å². The van der Waals surface area contributed by atoms with Crippen molar-refractivity contribution in [3.63, 3.8) is 0 Å². The number of sulfonamides is 1. The first-order chi connectivity index (χ1) is 17.5. The topological polar surface area (TPSA) is 114 Å². The van der Waals surface area contributed by atoms with E-state index < -0.39 is 27.8 Å². The van der Waals surface area contributed by atoms with Gasteiger partial charge in [0, 0.05) is 22.7 Å². The number of methoxy groups -OCH3 is 1. The highest BCUT2D eigenvalue weighted by Crippen LogP contribution is 2.41. The monoisotopic (exact) mass is 544 g/mol. The smallest absolute Gasteiger partial charge is 0.251 e. The maximum absolute atomic E-state index is 13.4. The second-order valence-electron chi connectivity index (χ2n) is 9.29. The van der Waals surface area contributed by atoms with Gasteiger partial charge in [0.05, 0.1) is 13.2 Å². The molecular weight excluding hydrogens is 516 g/mol. The Kier molecular flexibility index (Phi) is 7.80. The fourth-order valence-electron chi connectivity index (χ4n) is 4.23. The lowest BCUT2D eigenvalue weighted by molar-refractivity contribution is -0.0603. The van der Waals surface area contributed by atoms with Crippen molar-refractivity contribution >= 4 is 27.5 Å². The maximum atomic E-state index is 13.4. The van der Waals surface area contributed by atoms with Gasteiger partial charge in [-0.05, 0) is 62.2 Å². The van der Waals surface area contributed by atoms with Crippen molar-refractivity contribution in [3.8, 4) is 11.5 Å². The van der Waals surface area contributed by atoms with E-state index in [0.29, 0.717) is 29.8 Å². The first-order valence-corrected chi connectivity index (χ1v) is 13.6. The summed E-state index contributed by atoms with van der Waals surface area (Å²) >= 11 is 6.05. The number of rotatable bonds is 8. The summed E-state index contributed by atoms with van der Waals surface area (Å²) < 4.78 is 40.6. The largest absolute Gasteiger partial charge is 0.495 e. The Morgan fingerprint density at radius 3 is 2.54 bits per heavy atom. The molecule has 0 bridgehead atoms. The van der Waals surface area contributed by atoms with E-state index in [1.165, 1.54) is 31.4 Å². The molecule has 8 nitrogen and oxygen atoms in total. The van der Waals surface area contributed by atoms with E-state index in [4.69, 9.17) is 21.1 Å². The molecule has 10 heteroatoms. The molecule has 37 heavy (non-hydrogen) atoms. The molecule has 1 aliphatic heterocycles. The third-order valence-electron chi connectivity index (χ3n) is 6.25. The van der Waals surface area contributed by atoms with Gasteiger partial charge in [-0.1, -0.05) is 41.9 Å². The van der Waals surface area contributed by atoms with Gasteiger partial charge in [-0.3, -0.25) is 4.79 Å². The van der Waals surface area contributed by atoms with Crippen LogP contribution in [0.3, 0.4) is 0 Å². The van der Waals surface area contributed by atoms with Gasteiger partial charge < -0.3 is 19.9 Å². The number of hydrogen-bond acceptors (Lipinski definition) is 6. The fraction of sp³-hybridized carbons (Fsp3) is 0.296. The molecule has 0 spiro atoms. The van der Waals surface area contributed by atoms with Crippen LogP contribution in [0.2, 0.25) is 5.02 Å². The van der Waals surface area contributed by atoms with Gasteiger partial charge in [0.2, 0.25) is 10.0 Å². The van der Waals surface area contributed by atoms with E-state index in [2.05, 4.69) is 10.0 Å². The summed E-state index contributed by atoms with van der Waals surface area (Å²) in [5.74, 6) is 0.141. The molecule has 3 aromatic carbocycles. The summed E-state index contributed by atoms with van der Waals surface area (Å²) in [6, 6.07) is 17.7. The minimum Gasteiger partial charge on any atom is -0.495 e. The minimum absolute atomic E-state index is 0.101. The van der Waals surface area contributed by atoms with Crippen molar-refractivity contribution in [2.45, 2.75) is 42.9 Å². The number of ether oxygens (including phenoxy) is 2. The summed E-state index contributed by atoms with van der Waals surface area (Å²) in [7, 11) is -2.85. The molecule has 0 radical (unpaired) electrons. The summed E-state index contributed by atoms with van der Waals surface area (Å²) in [5, 5.41) is 14.2. The molecule has 1 heterocycles. The average molecular weight is 545 g/mol. The Labute approximate surface area is 221 Å². The predicted molar refractivity (Wildman–Crippen MR) is 141 cm³/mol. The highest BCUT2D eigenvalue weighted by atomic mass is 35.5. The number of aliphatic hydroxyl groups is 1. The van der Waals surface area contributed by atoms with Gasteiger partial charge >= 0.3 is 0 Å². The molecule has 2 unspecified atom stereocenters. The number of amides is 1. The summed E-state index contributed by atoms with van der Waals surface area (Å²) in [6.45, 7) is 3.74. The SMILES string of the molecule is COc1ccc(Cl)cc1S(=O)(=O)NC1c2cc(C(=O)NCCc3ccccc3)ccc2OC(C)(C)C1O. The number of aliphatic hydroxyl groups excluding tert-OH is 1. The molecule has 1 amide bonds. The molecular formula is C27H29ClN2O6S. The van der Waals surface area contributed by atoms with Crippen molar-refractivity contribution in [1.29, 1.82) is 0 Å². The maximum Gasteiger partial charge on any atom is 0.251 e. The zero-order chi connectivity index (χ0) is 26.8. The number of hydrogen-bond donors (Lipinski definition) is 3. The van der Waals surface area contributed by atoms with Crippen LogP contribution < -0.4 is 19.5 Å². The molecule has 1 aliphatic rings. The first-order valence-electron chi connectivity index (χ1n) is 11.7. The molecule has 196 valence electrons. The fourth-order valence-corrected chi connectivity index (χ4v) is 5.88. The van der Waals surface area contributed by atoms with E-state index in [1.54, 1.807) is 26.0 Å². The zero-order valence-corrected chi connectivity index (χ0v) is 22.3. The summed E-state index contributed by atoms with van der Waals surface area (Å²) in [4.78, 5) is 12.7. The van der Waals surface area contributed by atoms with Gasteiger partial charge in [-0.15, -0.1) is 0 Å². The first kappa shape index (κ1) is 26.9. The van der Waals surface area contributed by atoms with Crippen molar-refractivity contribution in [2.75, 3.05) is 13.7 Å². The number of benzene rings is 3. The van der Waals surface area contributed by atoms with Gasteiger partial charge in [-0.2, -0.15) is 0 Å². The lowest BCUT2D eigenvalue weighted by Gasteiger charge is -2.42. The highest BCUT2D eigenvalue weighted by molar-refractivity contribution is 7.89. The number of halogens is 1. The zero-order valence-electron chi connectivity index (χ0n) is 20.7. The molecule has 0 fully saturated rings. The Morgan fingerprint density at radius 2 is 1.84 bits per heavy atom. The Hall–Kier alpha value is -3.11. The van der Waals surface area contributed by atoms with Crippen LogP contribution in [0.25, 0.3) is 0 Å². The van der Waals surface area contributed by atoms with Crippen LogP contribution in [0.4, 0.5) is 0 Å². The second kappa shape index (κ2) is 10.7. The predicted octanol–water partition coefficient (Wildman–Crippen LogP) is 3.87. The highest BCUT2D eigenvalue weighted by Gasteiger charge is 2.45. The molecule has 0 aromatic heterocycles. The number of carbonyl (C=O) groups is 1. The van der Waals surface area contributed by atoms with Crippen molar-refractivity contribution < 1.29 is 27.8 Å². The molecule has 0 aliphatic carbocycles. The van der Waals surface area contributed by atoms with E-state index in [-0.39, 0.29) is 21.6 Å². The molecule has 3 N–H and O–H groups in total. The lowest BCUT2D eigenvalue weighted by atomic mass is 9.86. The van der Waals surface area contributed by atoms with Crippen LogP contribution in [-0.4, -0.2) is 44.8 Å². The van der Waals surface area contributed by atoms with Crippen LogP contribution in [-0.2, 0) is 16.4 Å². The molecule has 3 aromatic rings. The quantitative estimate of drug-likeness (QED) is 0.397. The molecule has 4 rings (SSSR count). The average Bonchev–Trinajstić information content (AvgIpc) is 2.87. The standard InChI is InChI=1S/C27H29ClN2O6S/c1-27(2)25(31)24(30-37(33,34)23-16-19(28)10-12-22(23)35-3)20-15-18(9-11-21(20)36-27)26(32)29-14-13-17-7-5-4-6-8-17/h4-12,15-16,24-25,30-31H,13-14H2,1-3H3,(H,29,32). The Balaban J connectivity index is 1.62. The normalized spacial score (nSPS) is 18.4. The van der Waals surface area contributed by atoms with Gasteiger partial charge in [0.1, 0.15) is 28.1 Å². The van der Waals surface area contributed by atoms with Crippen LogP contribution in [0, 0.1) is 0 Å². The van der Waals surface area contributed by atoms with Crippen molar-refractivity contribution in [3.05, 3.63) is 88.4 Å². The van der Waals surface area contributed by atoms with Crippen LogP contribution in [0.5, 0.6) is 11.5 Å². The van der Waals surface area contributed by atoms with E-state index >= 15 is 0 Å². The molecule has 2 atom stereocenters. The Morgan fingerprint density at radius 1 is 1.11 bits per heavy atom. The lowest BCUT2D eigenvalue weighted by Crippen LogP contribution is -2.53. The summed E-state index contributed by atoms with van der Waals surface area (Å²) in [6.07, 6.45) is -0.603. The summed E-state index contributed by atoms with van der Waals surface area (Å²) in [5.41, 5.74) is 0.634. The molecule has 0 saturated heterocycles. The molecule has 0 saturated carbocycles. The number of fused-ring (bicyclic) bond motifs is 1. The van der Waals surface area contributed by atoms with Gasteiger partial charge in [0.25, 0.3) is 5.91 Å². The van der Waals surface area contributed by atoms with Gasteiger partial charge in [0.15, 0.2) is 0 Å². The van der Waals surface area contributed by atoms with Crippen LogP contribution in [0.15, 0.2) is 71.6 Å².